The lowest BCUT2D eigenvalue weighted by atomic mass is 9.96. The maximum absolute atomic E-state index is 13.5. The van der Waals surface area contributed by atoms with Crippen molar-refractivity contribution in [2.75, 3.05) is 0 Å². The first kappa shape index (κ1) is 18.7. The van der Waals surface area contributed by atoms with E-state index in [2.05, 4.69) is 4.72 Å². The molecular formula is C21H19F3N2O2S. The molecule has 1 saturated carbocycles. The third-order valence-electron chi connectivity index (χ3n) is 5.77. The van der Waals surface area contributed by atoms with Crippen LogP contribution in [0.15, 0.2) is 47.4 Å². The Morgan fingerprint density at radius 1 is 1.00 bits per heavy atom. The fourth-order valence-electron chi connectivity index (χ4n) is 4.30. The van der Waals surface area contributed by atoms with Crippen molar-refractivity contribution in [2.24, 2.45) is 0 Å². The molecule has 1 fully saturated rings. The number of halogens is 3. The molecule has 0 amide bonds. The predicted molar refractivity (Wildman–Crippen MR) is 104 cm³/mol. The number of sulfonamides is 1. The molecule has 2 heterocycles. The van der Waals surface area contributed by atoms with Crippen molar-refractivity contribution in [1.82, 2.24) is 9.29 Å². The predicted octanol–water partition coefficient (Wildman–Crippen LogP) is 5.24. The summed E-state index contributed by atoms with van der Waals surface area (Å²) in [6, 6.07) is 10.4. The van der Waals surface area contributed by atoms with Crippen LogP contribution in [0.1, 0.15) is 37.7 Å². The van der Waals surface area contributed by atoms with Crippen LogP contribution in [0, 0.1) is 0 Å². The minimum atomic E-state index is -4.63. The lowest BCUT2D eigenvalue weighted by Gasteiger charge is -2.23. The average molecular weight is 420 g/mol. The number of hydrogen-bond acceptors (Lipinski definition) is 2. The zero-order valence-electron chi connectivity index (χ0n) is 15.5. The Bertz CT molecular complexity index is 1180. The number of benzene rings is 2. The van der Waals surface area contributed by atoms with E-state index in [0.717, 1.165) is 48.0 Å². The standard InChI is InChI=1S/C21H19F3N2O2S/c22-21(23,24)14-10-13(19-20-17-8-4-5-9-18(17)26(19)20)11-16(12-14)29(27,28)25-15-6-2-1-3-7-15/h4-5,8-12,15,25H,1-3,6-7H2. The molecule has 3 aliphatic rings. The van der Waals surface area contributed by atoms with Crippen molar-refractivity contribution in [3.63, 3.8) is 0 Å². The van der Waals surface area contributed by atoms with Gasteiger partial charge in [0.1, 0.15) is 0 Å². The number of para-hydroxylation sites is 1. The van der Waals surface area contributed by atoms with E-state index in [1.54, 1.807) is 0 Å². The Labute approximate surface area is 166 Å². The van der Waals surface area contributed by atoms with E-state index in [9.17, 15) is 21.6 Å². The summed E-state index contributed by atoms with van der Waals surface area (Å²) in [5.74, 6) is 0. The topological polar surface area (TPSA) is 51.1 Å². The molecule has 0 radical (unpaired) electrons. The number of nitrogens with one attached hydrogen (secondary N) is 1. The van der Waals surface area contributed by atoms with E-state index < -0.39 is 21.8 Å². The van der Waals surface area contributed by atoms with Crippen LogP contribution in [0.25, 0.3) is 27.8 Å². The van der Waals surface area contributed by atoms with Crippen LogP contribution in [0.5, 0.6) is 0 Å². The van der Waals surface area contributed by atoms with Gasteiger partial charge in [-0.15, -0.1) is 0 Å². The number of aromatic nitrogens is 1. The van der Waals surface area contributed by atoms with Crippen molar-refractivity contribution in [2.45, 2.75) is 49.2 Å². The highest BCUT2D eigenvalue weighted by molar-refractivity contribution is 7.89. The summed E-state index contributed by atoms with van der Waals surface area (Å²) in [7, 11) is -4.04. The summed E-state index contributed by atoms with van der Waals surface area (Å²) in [6.45, 7) is 0. The molecule has 152 valence electrons. The van der Waals surface area contributed by atoms with Gasteiger partial charge in [0.25, 0.3) is 0 Å². The van der Waals surface area contributed by atoms with Gasteiger partial charge in [0.05, 0.1) is 27.4 Å². The Hall–Kier alpha value is -2.32. The van der Waals surface area contributed by atoms with E-state index in [1.165, 1.54) is 6.07 Å². The lowest BCUT2D eigenvalue weighted by Crippen LogP contribution is -2.36. The van der Waals surface area contributed by atoms with Crippen molar-refractivity contribution >= 4 is 20.9 Å². The molecule has 1 N–H and O–H groups in total. The van der Waals surface area contributed by atoms with Crippen molar-refractivity contribution in [1.29, 1.82) is 0 Å². The van der Waals surface area contributed by atoms with Gasteiger partial charge >= 0.3 is 6.18 Å². The highest BCUT2D eigenvalue weighted by Crippen LogP contribution is 2.51. The molecule has 29 heavy (non-hydrogen) atoms. The zero-order valence-corrected chi connectivity index (χ0v) is 16.3. The van der Waals surface area contributed by atoms with Crippen molar-refractivity contribution in [3.8, 4) is 16.9 Å². The number of alkyl halides is 3. The molecule has 0 saturated heterocycles. The van der Waals surface area contributed by atoms with E-state index in [0.29, 0.717) is 18.5 Å². The molecule has 0 spiro atoms. The number of fused-ring (bicyclic) bond motifs is 4. The van der Waals surface area contributed by atoms with Crippen LogP contribution < -0.4 is 4.72 Å². The number of nitrogens with zero attached hydrogens (tertiary/aromatic N) is 1. The molecule has 4 nitrogen and oxygen atoms in total. The average Bonchev–Trinajstić information content (AvgIpc) is 3.35. The second kappa shape index (κ2) is 6.34. The summed E-state index contributed by atoms with van der Waals surface area (Å²) in [5, 5.41) is 0.977. The van der Waals surface area contributed by atoms with Gasteiger partial charge in [0, 0.05) is 17.0 Å². The van der Waals surface area contributed by atoms with Gasteiger partial charge < -0.3 is 4.57 Å². The van der Waals surface area contributed by atoms with Gasteiger partial charge in [-0.2, -0.15) is 13.2 Å². The minimum Gasteiger partial charge on any atom is -0.304 e. The molecule has 5 rings (SSSR count). The van der Waals surface area contributed by atoms with Crippen LogP contribution in [0.2, 0.25) is 0 Å². The molecule has 2 aromatic carbocycles. The van der Waals surface area contributed by atoms with Crippen LogP contribution in [-0.2, 0) is 16.2 Å². The largest absolute Gasteiger partial charge is 0.416 e. The fraction of sp³-hybridized carbons (Fsp3) is 0.333. The van der Waals surface area contributed by atoms with Crippen LogP contribution in [0.3, 0.4) is 0 Å². The molecule has 0 atom stereocenters. The molecule has 2 aliphatic heterocycles. The maximum atomic E-state index is 13.5. The molecule has 0 bridgehead atoms. The summed E-state index contributed by atoms with van der Waals surface area (Å²) >= 11 is 0. The number of hydrogen-bond donors (Lipinski definition) is 1. The monoisotopic (exact) mass is 420 g/mol. The van der Waals surface area contributed by atoms with E-state index in [1.807, 2.05) is 28.8 Å². The molecule has 0 aromatic heterocycles. The third-order valence-corrected chi connectivity index (χ3v) is 7.27. The smallest absolute Gasteiger partial charge is 0.304 e. The van der Waals surface area contributed by atoms with Gasteiger partial charge in [0.15, 0.2) is 0 Å². The Morgan fingerprint density at radius 3 is 2.41 bits per heavy atom. The molecule has 1 aliphatic carbocycles. The second-order valence-electron chi connectivity index (χ2n) is 7.75. The van der Waals surface area contributed by atoms with Gasteiger partial charge in [-0.05, 0) is 37.1 Å². The first-order valence-corrected chi connectivity index (χ1v) is 11.1. The quantitative estimate of drug-likeness (QED) is 0.491. The zero-order chi connectivity index (χ0) is 20.4. The van der Waals surface area contributed by atoms with Gasteiger partial charge in [0.2, 0.25) is 10.0 Å². The molecular weight excluding hydrogens is 401 g/mol. The Kier molecular flexibility index (Phi) is 4.08. The van der Waals surface area contributed by atoms with Crippen LogP contribution in [0.4, 0.5) is 13.2 Å². The first-order valence-electron chi connectivity index (χ1n) is 9.64. The fourth-order valence-corrected chi connectivity index (χ4v) is 5.67. The number of rotatable bonds is 4. The SMILES string of the molecule is O=S(=O)(NC1CCCCC1)c1cc(-c2c3c4ccccc4n2-3)cc(C(F)(F)F)c1. The van der Waals surface area contributed by atoms with Gasteiger partial charge in [-0.1, -0.05) is 37.5 Å². The van der Waals surface area contributed by atoms with Crippen molar-refractivity contribution < 1.29 is 21.6 Å². The summed E-state index contributed by atoms with van der Waals surface area (Å²) < 4.78 is 70.7. The highest BCUT2D eigenvalue weighted by atomic mass is 32.2. The van der Waals surface area contributed by atoms with E-state index in [-0.39, 0.29) is 16.5 Å². The Balaban J connectivity index is 1.58. The third kappa shape index (κ3) is 3.14. The van der Waals surface area contributed by atoms with Crippen molar-refractivity contribution in [3.05, 3.63) is 48.0 Å². The lowest BCUT2D eigenvalue weighted by molar-refractivity contribution is -0.137. The summed E-state index contributed by atoms with van der Waals surface area (Å²) in [5.41, 5.74) is 1.76. The summed E-state index contributed by atoms with van der Waals surface area (Å²) in [6.07, 6.45) is -0.312. The van der Waals surface area contributed by atoms with Crippen LogP contribution >= 0.6 is 0 Å². The first-order chi connectivity index (χ1) is 13.8. The molecule has 8 heteroatoms. The second-order valence-corrected chi connectivity index (χ2v) is 9.46. The normalized spacial score (nSPS) is 17.1. The van der Waals surface area contributed by atoms with Crippen LogP contribution in [-0.4, -0.2) is 19.0 Å². The highest BCUT2D eigenvalue weighted by Gasteiger charge is 2.37. The molecule has 2 aromatic rings. The summed E-state index contributed by atoms with van der Waals surface area (Å²) in [4.78, 5) is -0.336. The van der Waals surface area contributed by atoms with Gasteiger partial charge in [-0.3, -0.25) is 0 Å². The molecule has 0 unspecified atom stereocenters. The van der Waals surface area contributed by atoms with E-state index in [4.69, 9.17) is 0 Å². The van der Waals surface area contributed by atoms with Gasteiger partial charge in [-0.25, -0.2) is 13.1 Å². The minimum absolute atomic E-state index is 0.223. The maximum Gasteiger partial charge on any atom is 0.416 e. The van der Waals surface area contributed by atoms with E-state index >= 15 is 0 Å². The Morgan fingerprint density at radius 2 is 1.72 bits per heavy atom.